The molecule has 1 atom stereocenters. The van der Waals surface area contributed by atoms with Gasteiger partial charge in [0, 0.05) is 27.6 Å². The third kappa shape index (κ3) is 3.00. The first-order valence-electron chi connectivity index (χ1n) is 17.9. The van der Waals surface area contributed by atoms with Gasteiger partial charge < -0.3 is 4.57 Å². The highest BCUT2D eigenvalue weighted by Gasteiger charge is 2.68. The first-order chi connectivity index (χ1) is 25.8. The number of pyridine rings is 1. The minimum absolute atomic E-state index is 0.661. The predicted octanol–water partition coefficient (Wildman–Crippen LogP) is 9.32. The van der Waals surface area contributed by atoms with E-state index in [1.807, 2.05) is 0 Å². The van der Waals surface area contributed by atoms with Crippen LogP contribution in [0.5, 0.6) is 0 Å². The van der Waals surface area contributed by atoms with Crippen molar-refractivity contribution in [3.8, 4) is 28.3 Å². The van der Waals surface area contributed by atoms with E-state index >= 15 is 0 Å². The van der Waals surface area contributed by atoms with E-state index in [-0.39, 0.29) is 0 Å². The molecule has 7 heterocycles. The van der Waals surface area contributed by atoms with Gasteiger partial charge in [0.2, 0.25) is 6.20 Å². The average molecular weight is 664 g/mol. The lowest BCUT2D eigenvalue weighted by Crippen LogP contribution is -2.76. The highest BCUT2D eigenvalue weighted by molar-refractivity contribution is 6.22. The van der Waals surface area contributed by atoms with Gasteiger partial charge in [0.05, 0.1) is 34.7 Å². The molecular formula is C47H29N5+2. The molecular weight excluding hydrogens is 635 g/mol. The van der Waals surface area contributed by atoms with Crippen LogP contribution in [0.3, 0.4) is 0 Å². The molecule has 0 fully saturated rings. The predicted molar refractivity (Wildman–Crippen MR) is 207 cm³/mol. The zero-order valence-electron chi connectivity index (χ0n) is 28.0. The normalized spacial score (nSPS) is 16.1. The largest absolute Gasteiger partial charge is 0.394 e. The van der Waals surface area contributed by atoms with Crippen molar-refractivity contribution in [1.29, 1.82) is 0 Å². The van der Waals surface area contributed by atoms with Crippen LogP contribution < -0.4 is 9.25 Å². The molecule has 3 aliphatic rings. The van der Waals surface area contributed by atoms with Crippen LogP contribution in [-0.2, 0) is 5.66 Å². The topological polar surface area (TPSA) is 22.5 Å². The van der Waals surface area contributed by atoms with Crippen LogP contribution in [0.1, 0.15) is 22.3 Å². The molecule has 4 aromatic heterocycles. The van der Waals surface area contributed by atoms with E-state index in [0.717, 1.165) is 5.82 Å². The molecule has 0 saturated heterocycles. The van der Waals surface area contributed by atoms with E-state index in [9.17, 15) is 0 Å². The molecule has 13 rings (SSSR count). The molecule has 0 saturated carbocycles. The molecule has 10 aromatic rings. The minimum atomic E-state index is -0.661. The maximum atomic E-state index is 2.54. The average Bonchev–Trinajstić information content (AvgIpc) is 3.95. The van der Waals surface area contributed by atoms with Gasteiger partial charge in [0.25, 0.3) is 5.82 Å². The monoisotopic (exact) mass is 663 g/mol. The zero-order valence-corrected chi connectivity index (χ0v) is 28.0. The van der Waals surface area contributed by atoms with E-state index in [2.05, 4.69) is 199 Å². The molecule has 0 bridgehead atoms. The van der Waals surface area contributed by atoms with Crippen LogP contribution in [-0.4, -0.2) is 13.8 Å². The number of para-hydroxylation sites is 2. The number of hydrogen-bond acceptors (Lipinski definition) is 0. The SMILES string of the molecule is C(=C\c1ccc(-c2cn3[n+](c2)C24c5c(cccc5-3)-n3c5ccccc5c5cc6c7ccccc7n(c6c2c53)-c2cccc[n+]24)cc1)/c1ccccc1. The van der Waals surface area contributed by atoms with Crippen LogP contribution in [0.4, 0.5) is 0 Å². The number of nitrogens with zero attached hydrogens (tertiary/aromatic N) is 5. The summed E-state index contributed by atoms with van der Waals surface area (Å²) in [6.07, 6.45) is 11.4. The van der Waals surface area contributed by atoms with Gasteiger partial charge in [-0.2, -0.15) is 9.13 Å². The van der Waals surface area contributed by atoms with E-state index < -0.39 is 5.66 Å². The quantitative estimate of drug-likeness (QED) is 0.133. The van der Waals surface area contributed by atoms with Crippen molar-refractivity contribution in [3.05, 3.63) is 186 Å². The Morgan fingerprint density at radius 1 is 0.500 bits per heavy atom. The second-order valence-corrected chi connectivity index (χ2v) is 14.3. The highest BCUT2D eigenvalue weighted by atomic mass is 15.5. The number of fused-ring (bicyclic) bond motifs is 11. The summed E-state index contributed by atoms with van der Waals surface area (Å²) in [5.41, 5.74) is 14.2. The van der Waals surface area contributed by atoms with Gasteiger partial charge in [-0.05, 0) is 59.2 Å². The molecule has 6 aromatic carbocycles. The number of aromatic nitrogens is 5. The van der Waals surface area contributed by atoms with Crippen molar-refractivity contribution in [1.82, 2.24) is 13.8 Å². The Hall–Kier alpha value is -6.98. The molecule has 0 aliphatic carbocycles. The third-order valence-electron chi connectivity index (χ3n) is 11.8. The first-order valence-corrected chi connectivity index (χ1v) is 17.9. The molecule has 240 valence electrons. The second-order valence-electron chi connectivity index (χ2n) is 14.3. The standard InChI is InChI=1S/C47H29N5/c1-2-11-30(12-3-1)20-21-31-22-24-32(25-23-31)33-28-49-40-17-10-18-41-43(40)47(50(49)29-33)44-45-36(34-13-4-6-15-38(34)51(41)45)27-37-35-14-5-7-16-39(35)52(46(37)44)42-19-8-9-26-48(42)47/h1-29H/q+2/b21-20+. The Balaban J connectivity index is 1.15. The van der Waals surface area contributed by atoms with Crippen molar-refractivity contribution in [2.24, 2.45) is 0 Å². The van der Waals surface area contributed by atoms with Gasteiger partial charge in [0.15, 0.2) is 5.52 Å². The van der Waals surface area contributed by atoms with E-state index in [0.29, 0.717) is 0 Å². The lowest BCUT2D eigenvalue weighted by atomic mass is 9.82. The van der Waals surface area contributed by atoms with Crippen molar-refractivity contribution < 1.29 is 9.25 Å². The fourth-order valence-corrected chi connectivity index (χ4v) is 9.80. The summed E-state index contributed by atoms with van der Waals surface area (Å²) in [5, 5.41) is 5.15. The summed E-state index contributed by atoms with van der Waals surface area (Å²) < 4.78 is 12.5. The van der Waals surface area contributed by atoms with Crippen LogP contribution in [0.25, 0.3) is 84.1 Å². The van der Waals surface area contributed by atoms with Crippen LogP contribution in [0.15, 0.2) is 164 Å². The Morgan fingerprint density at radius 3 is 1.94 bits per heavy atom. The molecule has 3 aliphatic heterocycles. The van der Waals surface area contributed by atoms with E-state index in [1.54, 1.807) is 0 Å². The third-order valence-corrected chi connectivity index (χ3v) is 11.8. The smallest absolute Gasteiger partial charge is 0.307 e. The summed E-state index contributed by atoms with van der Waals surface area (Å²) in [5.74, 6) is 1.16. The summed E-state index contributed by atoms with van der Waals surface area (Å²) in [6.45, 7) is 0. The van der Waals surface area contributed by atoms with Crippen LogP contribution >= 0.6 is 0 Å². The highest BCUT2D eigenvalue weighted by Crippen LogP contribution is 2.54. The Labute approximate surface area is 298 Å². The Kier molecular flexibility index (Phi) is 4.76. The summed E-state index contributed by atoms with van der Waals surface area (Å²) in [7, 11) is 0. The van der Waals surface area contributed by atoms with Crippen molar-refractivity contribution in [2.75, 3.05) is 0 Å². The van der Waals surface area contributed by atoms with E-state index in [1.165, 1.54) is 88.4 Å². The van der Waals surface area contributed by atoms with Crippen molar-refractivity contribution >= 4 is 55.8 Å². The molecule has 0 radical (unpaired) electrons. The molecule has 1 unspecified atom stereocenters. The lowest BCUT2D eigenvalue weighted by molar-refractivity contribution is -0.993. The van der Waals surface area contributed by atoms with Gasteiger partial charge in [0.1, 0.15) is 22.3 Å². The summed E-state index contributed by atoms with van der Waals surface area (Å²) in [4.78, 5) is 0. The summed E-state index contributed by atoms with van der Waals surface area (Å²) in [6, 6.07) is 53.2. The fraction of sp³-hybridized carbons (Fsp3) is 0.0213. The second kappa shape index (κ2) is 9.22. The molecule has 0 N–H and O–H groups in total. The Bertz CT molecular complexity index is 3190. The van der Waals surface area contributed by atoms with Gasteiger partial charge in [-0.15, -0.1) is 4.68 Å². The lowest BCUT2D eigenvalue weighted by Gasteiger charge is -2.32. The maximum Gasteiger partial charge on any atom is 0.394 e. The van der Waals surface area contributed by atoms with Crippen LogP contribution in [0.2, 0.25) is 0 Å². The molecule has 52 heavy (non-hydrogen) atoms. The van der Waals surface area contributed by atoms with Crippen molar-refractivity contribution in [2.45, 2.75) is 5.66 Å². The fourth-order valence-electron chi connectivity index (χ4n) is 9.80. The molecule has 5 nitrogen and oxygen atoms in total. The molecule has 1 spiro atoms. The van der Waals surface area contributed by atoms with E-state index in [4.69, 9.17) is 0 Å². The maximum absolute atomic E-state index is 2.54. The van der Waals surface area contributed by atoms with Gasteiger partial charge in [-0.25, -0.2) is 0 Å². The van der Waals surface area contributed by atoms with Gasteiger partial charge in [-0.3, -0.25) is 0 Å². The molecule has 5 heteroatoms. The Morgan fingerprint density at radius 2 is 1.15 bits per heavy atom. The number of rotatable bonds is 3. The van der Waals surface area contributed by atoms with Gasteiger partial charge >= 0.3 is 5.66 Å². The number of hydrogen-bond donors (Lipinski definition) is 0. The summed E-state index contributed by atoms with van der Waals surface area (Å²) >= 11 is 0. The van der Waals surface area contributed by atoms with Crippen molar-refractivity contribution in [3.63, 3.8) is 0 Å². The van der Waals surface area contributed by atoms with Crippen LogP contribution in [0, 0.1) is 0 Å². The first kappa shape index (κ1) is 26.8. The molecule has 0 amide bonds. The zero-order chi connectivity index (χ0) is 33.7. The minimum Gasteiger partial charge on any atom is -0.307 e. The van der Waals surface area contributed by atoms with Gasteiger partial charge in [-0.1, -0.05) is 114 Å². The number of benzene rings is 6.